The van der Waals surface area contributed by atoms with Gasteiger partial charge in [-0.05, 0) is 12.1 Å². The second kappa shape index (κ2) is 5.77. The van der Waals surface area contributed by atoms with E-state index in [0.717, 1.165) is 17.0 Å². The average molecular weight is 278 g/mol. The lowest BCUT2D eigenvalue weighted by Crippen LogP contribution is -2.29. The number of hydrogen-bond donors (Lipinski definition) is 1. The zero-order chi connectivity index (χ0) is 13.9. The average Bonchev–Trinajstić information content (AvgIpc) is 2.32. The summed E-state index contributed by atoms with van der Waals surface area (Å²) >= 11 is 5.34. The van der Waals surface area contributed by atoms with Gasteiger partial charge in [0.15, 0.2) is 5.82 Å². The van der Waals surface area contributed by atoms with Crippen LogP contribution in [0.1, 0.15) is 16.8 Å². The van der Waals surface area contributed by atoms with Gasteiger partial charge in [-0.15, -0.1) is 0 Å². The van der Waals surface area contributed by atoms with Crippen LogP contribution >= 0.6 is 11.6 Å². The Hall–Kier alpha value is -1.69. The molecule has 0 saturated carbocycles. The zero-order valence-electron chi connectivity index (χ0n) is 9.41. The smallest absolute Gasteiger partial charge is 0.305 e. The van der Waals surface area contributed by atoms with E-state index < -0.39 is 34.1 Å². The van der Waals surface area contributed by atoms with Gasteiger partial charge in [-0.3, -0.25) is 9.59 Å². The lowest BCUT2D eigenvalue weighted by molar-refractivity contribution is -0.137. The summed E-state index contributed by atoms with van der Waals surface area (Å²) in [4.78, 5) is 23.1. The molecule has 0 spiro atoms. The molecule has 0 unspecified atom stereocenters. The van der Waals surface area contributed by atoms with E-state index in [1.807, 2.05) is 0 Å². The number of aliphatic carboxylic acids is 1. The summed E-state index contributed by atoms with van der Waals surface area (Å²) in [5, 5.41) is 7.71. The molecule has 0 heterocycles. The van der Waals surface area contributed by atoms with Crippen molar-refractivity contribution in [2.45, 2.75) is 6.42 Å². The van der Waals surface area contributed by atoms with Crippen molar-refractivity contribution in [2.24, 2.45) is 0 Å². The topological polar surface area (TPSA) is 57.6 Å². The maximum absolute atomic E-state index is 13.5. The quantitative estimate of drug-likeness (QED) is 0.858. The highest BCUT2D eigenvalue weighted by molar-refractivity contribution is 6.31. The van der Waals surface area contributed by atoms with Gasteiger partial charge in [0.25, 0.3) is 5.91 Å². The van der Waals surface area contributed by atoms with Crippen LogP contribution in [0.5, 0.6) is 0 Å². The minimum Gasteiger partial charge on any atom is -0.481 e. The largest absolute Gasteiger partial charge is 0.481 e. The number of benzene rings is 1. The standard InChI is InChI=1S/C11H10ClF2NO3/c1-15(5-4-8(16)17)11(18)6-2-3-7(13)9(12)10(6)14/h2-3H,4-5H2,1H3,(H,16,17). The molecule has 4 nitrogen and oxygen atoms in total. The first-order valence-corrected chi connectivity index (χ1v) is 5.33. The minimum atomic E-state index is -1.15. The molecule has 18 heavy (non-hydrogen) atoms. The maximum Gasteiger partial charge on any atom is 0.305 e. The van der Waals surface area contributed by atoms with E-state index in [-0.39, 0.29) is 13.0 Å². The number of carbonyl (C=O) groups excluding carboxylic acids is 1. The van der Waals surface area contributed by atoms with Crippen LogP contribution < -0.4 is 0 Å². The van der Waals surface area contributed by atoms with Crippen molar-refractivity contribution in [3.8, 4) is 0 Å². The molecule has 1 amide bonds. The molecule has 1 aromatic carbocycles. The van der Waals surface area contributed by atoms with Crippen LogP contribution in [0, 0.1) is 11.6 Å². The van der Waals surface area contributed by atoms with Crippen molar-refractivity contribution < 1.29 is 23.5 Å². The van der Waals surface area contributed by atoms with E-state index in [2.05, 4.69) is 0 Å². The molecular formula is C11H10ClF2NO3. The van der Waals surface area contributed by atoms with Gasteiger partial charge in [-0.25, -0.2) is 8.78 Å². The second-order valence-corrected chi connectivity index (χ2v) is 3.97. The van der Waals surface area contributed by atoms with Crippen molar-refractivity contribution in [1.82, 2.24) is 4.90 Å². The van der Waals surface area contributed by atoms with Crippen molar-refractivity contribution in [2.75, 3.05) is 13.6 Å². The molecule has 1 N–H and O–H groups in total. The van der Waals surface area contributed by atoms with Crippen LogP contribution in [0.15, 0.2) is 12.1 Å². The highest BCUT2D eigenvalue weighted by Crippen LogP contribution is 2.22. The molecule has 0 fully saturated rings. The van der Waals surface area contributed by atoms with Gasteiger partial charge in [0.2, 0.25) is 0 Å². The number of amides is 1. The Morgan fingerprint density at radius 2 is 2.00 bits per heavy atom. The van der Waals surface area contributed by atoms with Crippen molar-refractivity contribution in [3.63, 3.8) is 0 Å². The van der Waals surface area contributed by atoms with E-state index in [0.29, 0.717) is 0 Å². The van der Waals surface area contributed by atoms with E-state index in [1.165, 1.54) is 7.05 Å². The van der Waals surface area contributed by atoms with Gasteiger partial charge < -0.3 is 10.0 Å². The number of nitrogens with zero attached hydrogens (tertiary/aromatic N) is 1. The summed E-state index contributed by atoms with van der Waals surface area (Å²) in [7, 11) is 1.32. The van der Waals surface area contributed by atoms with E-state index in [1.54, 1.807) is 0 Å². The molecule has 0 aliphatic heterocycles. The van der Waals surface area contributed by atoms with Gasteiger partial charge in [0, 0.05) is 13.6 Å². The lowest BCUT2D eigenvalue weighted by atomic mass is 10.2. The fourth-order valence-corrected chi connectivity index (χ4v) is 1.43. The summed E-state index contributed by atoms with van der Waals surface area (Å²) in [6, 6.07) is 1.85. The Morgan fingerprint density at radius 1 is 1.39 bits per heavy atom. The van der Waals surface area contributed by atoms with E-state index >= 15 is 0 Å². The molecule has 0 radical (unpaired) electrons. The first-order valence-electron chi connectivity index (χ1n) is 4.95. The summed E-state index contributed by atoms with van der Waals surface area (Å²) in [6.07, 6.45) is -0.265. The Bertz CT molecular complexity index is 493. The number of rotatable bonds is 4. The fourth-order valence-electron chi connectivity index (χ4n) is 1.26. The van der Waals surface area contributed by atoms with Gasteiger partial charge in [-0.2, -0.15) is 0 Å². The van der Waals surface area contributed by atoms with E-state index in [9.17, 15) is 18.4 Å². The molecule has 1 rings (SSSR count). The van der Waals surface area contributed by atoms with Crippen LogP contribution in [0.2, 0.25) is 5.02 Å². The molecular weight excluding hydrogens is 268 g/mol. The zero-order valence-corrected chi connectivity index (χ0v) is 10.2. The van der Waals surface area contributed by atoms with Crippen molar-refractivity contribution >= 4 is 23.5 Å². The second-order valence-electron chi connectivity index (χ2n) is 3.59. The Labute approximate surface area is 107 Å². The third kappa shape index (κ3) is 3.16. The third-order valence-electron chi connectivity index (χ3n) is 2.27. The predicted octanol–water partition coefficient (Wildman–Crippen LogP) is 2.16. The number of carbonyl (C=O) groups is 2. The van der Waals surface area contributed by atoms with Crippen molar-refractivity contribution in [1.29, 1.82) is 0 Å². The van der Waals surface area contributed by atoms with Gasteiger partial charge >= 0.3 is 5.97 Å². The molecule has 0 aromatic heterocycles. The Kier molecular flexibility index (Phi) is 4.61. The van der Waals surface area contributed by atoms with Crippen LogP contribution in [0.25, 0.3) is 0 Å². The van der Waals surface area contributed by atoms with Crippen LogP contribution in [-0.4, -0.2) is 35.5 Å². The number of halogens is 3. The summed E-state index contributed by atoms with van der Waals surface area (Å²) in [5.74, 6) is -3.94. The number of hydrogen-bond acceptors (Lipinski definition) is 2. The van der Waals surface area contributed by atoms with Gasteiger partial charge in [0.1, 0.15) is 10.8 Å². The number of carboxylic acid groups (broad SMARTS) is 1. The molecule has 0 aliphatic carbocycles. The Morgan fingerprint density at radius 3 is 2.56 bits per heavy atom. The maximum atomic E-state index is 13.5. The summed E-state index contributed by atoms with van der Waals surface area (Å²) in [6.45, 7) is -0.0808. The first-order chi connectivity index (χ1) is 8.34. The minimum absolute atomic E-state index is 0.0808. The SMILES string of the molecule is CN(CCC(=O)O)C(=O)c1ccc(F)c(Cl)c1F. The molecule has 0 saturated heterocycles. The third-order valence-corrected chi connectivity index (χ3v) is 2.62. The highest BCUT2D eigenvalue weighted by atomic mass is 35.5. The van der Waals surface area contributed by atoms with Crippen molar-refractivity contribution in [3.05, 3.63) is 34.4 Å². The van der Waals surface area contributed by atoms with Gasteiger partial charge in [-0.1, -0.05) is 11.6 Å². The number of carboxylic acids is 1. The van der Waals surface area contributed by atoms with Crippen LogP contribution in [0.3, 0.4) is 0 Å². The summed E-state index contributed by atoms with van der Waals surface area (Å²) in [5.41, 5.74) is -0.394. The highest BCUT2D eigenvalue weighted by Gasteiger charge is 2.20. The summed E-state index contributed by atoms with van der Waals surface area (Å²) < 4.78 is 26.4. The predicted molar refractivity (Wildman–Crippen MR) is 60.6 cm³/mol. The van der Waals surface area contributed by atoms with Gasteiger partial charge in [0.05, 0.1) is 12.0 Å². The van der Waals surface area contributed by atoms with E-state index in [4.69, 9.17) is 16.7 Å². The molecule has 0 atom stereocenters. The molecule has 0 aliphatic rings. The van der Waals surface area contributed by atoms with Crippen LogP contribution in [0.4, 0.5) is 8.78 Å². The molecule has 1 aromatic rings. The Balaban J connectivity index is 2.90. The first kappa shape index (κ1) is 14.4. The van der Waals surface area contributed by atoms with Crippen LogP contribution in [-0.2, 0) is 4.79 Å². The lowest BCUT2D eigenvalue weighted by Gasteiger charge is -2.16. The monoisotopic (exact) mass is 277 g/mol. The fraction of sp³-hybridized carbons (Fsp3) is 0.273. The molecule has 7 heteroatoms. The normalized spacial score (nSPS) is 10.2. The molecule has 98 valence electrons. The molecule has 0 bridgehead atoms.